The van der Waals surface area contributed by atoms with Crippen LogP contribution in [0.3, 0.4) is 0 Å². The third-order valence-corrected chi connectivity index (χ3v) is 18.7. The van der Waals surface area contributed by atoms with Gasteiger partial charge in [-0.15, -0.1) is 0 Å². The van der Waals surface area contributed by atoms with Gasteiger partial charge < -0.3 is 28.0 Å². The van der Waals surface area contributed by atoms with Crippen molar-refractivity contribution >= 4 is 18.5 Å². The van der Waals surface area contributed by atoms with E-state index in [1.54, 1.807) is 0 Å². The number of ether oxygens (including phenoxy) is 4. The molecule has 11 aliphatic rings. The molecule has 2 aromatic rings. The van der Waals surface area contributed by atoms with Crippen LogP contribution in [-0.4, -0.2) is 54.2 Å². The highest BCUT2D eigenvalue weighted by Crippen LogP contribution is 2.64. The Morgan fingerprint density at radius 1 is 0.627 bits per heavy atom. The summed E-state index contributed by atoms with van der Waals surface area (Å²) in [6.45, 7) is 10.3. The summed E-state index contributed by atoms with van der Waals surface area (Å²) in [5.41, 5.74) is 0.601. The molecule has 2 spiro atoms. The van der Waals surface area contributed by atoms with E-state index in [0.717, 1.165) is 62.5 Å². The first-order valence-corrected chi connectivity index (χ1v) is 25.1. The Morgan fingerprint density at radius 3 is 1.56 bits per heavy atom. The molecule has 2 aliphatic carbocycles. The molecule has 9 aliphatic heterocycles. The largest absolute Gasteiger partial charge is 0.435 e. The Balaban J connectivity index is 0.913. The van der Waals surface area contributed by atoms with Gasteiger partial charge in [-0.25, -0.2) is 19.6 Å². The lowest BCUT2D eigenvalue weighted by Crippen LogP contribution is -2.70. The van der Waals surface area contributed by atoms with Crippen molar-refractivity contribution < 1.29 is 52.1 Å². The summed E-state index contributed by atoms with van der Waals surface area (Å²) in [6, 6.07) is 15.9. The van der Waals surface area contributed by atoms with Crippen LogP contribution in [-0.2, 0) is 54.8 Å². The molecular formula is C46H61O11PS. The van der Waals surface area contributed by atoms with Crippen LogP contribution in [0, 0.1) is 53.3 Å². The highest BCUT2D eigenvalue weighted by atomic mass is 32.5. The summed E-state index contributed by atoms with van der Waals surface area (Å²) in [5.74, 6) is 1.96. The van der Waals surface area contributed by atoms with Gasteiger partial charge in [0.25, 0.3) is 0 Å². The van der Waals surface area contributed by atoms with Gasteiger partial charge in [0.1, 0.15) is 11.5 Å². The molecule has 0 radical (unpaired) electrons. The Bertz CT molecular complexity index is 1860. The van der Waals surface area contributed by atoms with Crippen LogP contribution in [0.2, 0.25) is 0 Å². The van der Waals surface area contributed by atoms with Crippen LogP contribution in [0.4, 0.5) is 0 Å². The Morgan fingerprint density at radius 2 is 1.08 bits per heavy atom. The lowest BCUT2D eigenvalue weighted by Gasteiger charge is -2.61. The SMILES string of the molecule is C[C@H]1[C@@H](CC(COP2(=S)Oc3ccccc3-c3ccccc3O2)C[C@H]2O[C@@H]3O[C@@]4(C)CC[C@H]5[C@H](C)CC[C@@H]([C@H]2C)[C@@]35OO4)O[C@@H]2O[C@@]3(C)CC[C@H]4[C@H](C)CC[C@@H]1[C@@]24OO3. The first-order chi connectivity index (χ1) is 28.3. The second-order valence-corrected chi connectivity index (χ2v) is 23.0. The van der Waals surface area contributed by atoms with Crippen LogP contribution in [0.5, 0.6) is 11.5 Å². The van der Waals surface area contributed by atoms with Crippen LogP contribution >= 0.6 is 6.72 Å². The zero-order chi connectivity index (χ0) is 40.5. The molecule has 2 saturated carbocycles. The molecule has 0 aromatic heterocycles. The Kier molecular flexibility index (Phi) is 9.81. The molecule has 322 valence electrons. The molecule has 4 bridgehead atoms. The van der Waals surface area contributed by atoms with Crippen LogP contribution < -0.4 is 9.05 Å². The highest BCUT2D eigenvalue weighted by molar-refractivity contribution is 8.07. The maximum atomic E-state index is 7.20. The fourth-order valence-electron chi connectivity index (χ4n) is 13.4. The van der Waals surface area contributed by atoms with Gasteiger partial charge in [-0.2, -0.15) is 0 Å². The monoisotopic (exact) mass is 852 g/mol. The van der Waals surface area contributed by atoms with Crippen molar-refractivity contribution in [1.29, 1.82) is 0 Å². The first-order valence-electron chi connectivity index (χ1n) is 22.5. The number of rotatable bonds is 7. The zero-order valence-corrected chi connectivity index (χ0v) is 37.0. The summed E-state index contributed by atoms with van der Waals surface area (Å²) >= 11 is 6.26. The molecule has 2 aromatic carbocycles. The fourth-order valence-corrected chi connectivity index (χ4v) is 15.4. The number of hydrogen-bond donors (Lipinski definition) is 0. The fraction of sp³-hybridized carbons (Fsp3) is 0.739. The molecule has 13 heteroatoms. The number of hydrogen-bond acceptors (Lipinski definition) is 12. The molecule has 0 N–H and O–H groups in total. The first kappa shape index (κ1) is 40.1. The molecule has 9 heterocycles. The molecule has 16 atom stereocenters. The van der Waals surface area contributed by atoms with E-state index in [1.807, 2.05) is 62.4 Å². The maximum Gasteiger partial charge on any atom is 0.435 e. The van der Waals surface area contributed by atoms with E-state index in [2.05, 4.69) is 27.7 Å². The lowest BCUT2D eigenvalue weighted by atomic mass is 9.56. The van der Waals surface area contributed by atoms with Gasteiger partial charge in [0.2, 0.25) is 11.6 Å². The minimum Gasteiger partial charge on any atom is -0.415 e. The minimum absolute atomic E-state index is 0.0400. The predicted molar refractivity (Wildman–Crippen MR) is 220 cm³/mol. The van der Waals surface area contributed by atoms with E-state index in [1.165, 1.54) is 0 Å². The normalized spacial score (nSPS) is 48.0. The lowest BCUT2D eigenvalue weighted by molar-refractivity contribution is -0.571. The second-order valence-electron chi connectivity index (χ2n) is 20.1. The third-order valence-electron chi connectivity index (χ3n) is 16.7. The smallest absolute Gasteiger partial charge is 0.415 e. The van der Waals surface area contributed by atoms with Gasteiger partial charge in [-0.3, -0.25) is 4.52 Å². The Hall–Kier alpha value is -1.67. The van der Waals surface area contributed by atoms with Crippen LogP contribution in [0.1, 0.15) is 106 Å². The van der Waals surface area contributed by atoms with E-state index >= 15 is 0 Å². The molecule has 59 heavy (non-hydrogen) atoms. The average Bonchev–Trinajstić information content (AvgIpc) is 3.64. The molecule has 11 nitrogen and oxygen atoms in total. The third kappa shape index (κ3) is 6.31. The standard InChI is InChI=1S/C46H61O11PS/c1-26-15-17-35-28(3)39(48-41-45(35)33(26)19-21-43(5,50-41)54-56-45)23-30(25-47-58(59)52-37-13-9-7-11-31(37)32-12-8-10-14-38(32)53-58)24-40-29(4)36-18-16-27(2)34-20-22-44(6)51-42(49-40)46(34,36)57-55-44/h7-14,26-30,33-36,39-42H,15-25H2,1-6H3/t26-,27-,28-,29-,33+,34+,35+,36+,39-,40-,41-,42-,43-,44-,45-,46-/m1/s1. The summed E-state index contributed by atoms with van der Waals surface area (Å²) in [4.78, 5) is 25.3. The molecule has 0 unspecified atom stereocenters. The van der Waals surface area contributed by atoms with Gasteiger partial charge in [-0.1, -0.05) is 64.1 Å². The van der Waals surface area contributed by atoms with Crippen molar-refractivity contribution in [2.75, 3.05) is 6.61 Å². The molecule has 13 rings (SSSR count). The van der Waals surface area contributed by atoms with E-state index in [0.29, 0.717) is 54.6 Å². The second kappa shape index (κ2) is 14.4. The Labute approximate surface area is 353 Å². The van der Waals surface area contributed by atoms with Crippen molar-refractivity contribution in [3.8, 4) is 22.6 Å². The average molecular weight is 853 g/mol. The van der Waals surface area contributed by atoms with Gasteiger partial charge in [0.05, 0.1) is 18.8 Å². The van der Waals surface area contributed by atoms with Crippen LogP contribution in [0.25, 0.3) is 11.1 Å². The zero-order valence-electron chi connectivity index (χ0n) is 35.2. The minimum atomic E-state index is -3.33. The maximum absolute atomic E-state index is 7.20. The number of para-hydroxylation sites is 2. The summed E-state index contributed by atoms with van der Waals surface area (Å²) in [6.07, 6.45) is 8.01. The highest BCUT2D eigenvalue weighted by Gasteiger charge is 2.71. The van der Waals surface area contributed by atoms with Gasteiger partial charge in [-0.05, 0) is 119 Å². The van der Waals surface area contributed by atoms with Crippen molar-refractivity contribution in [1.82, 2.24) is 0 Å². The summed E-state index contributed by atoms with van der Waals surface area (Å²) in [5, 5.41) is 0. The summed E-state index contributed by atoms with van der Waals surface area (Å²) in [7, 11) is 0. The van der Waals surface area contributed by atoms with E-state index in [-0.39, 0.29) is 41.8 Å². The van der Waals surface area contributed by atoms with E-state index < -0.39 is 42.1 Å². The van der Waals surface area contributed by atoms with Crippen molar-refractivity contribution in [3.63, 3.8) is 0 Å². The molecule has 10 fully saturated rings. The molecule has 8 saturated heterocycles. The topological polar surface area (TPSA) is 102 Å². The van der Waals surface area contributed by atoms with Crippen LogP contribution in [0.15, 0.2) is 48.5 Å². The van der Waals surface area contributed by atoms with Gasteiger partial charge in [0, 0.05) is 47.6 Å². The quantitative estimate of drug-likeness (QED) is 0.196. The van der Waals surface area contributed by atoms with Gasteiger partial charge in [0.15, 0.2) is 23.8 Å². The van der Waals surface area contributed by atoms with Crippen molar-refractivity contribution in [2.24, 2.45) is 53.3 Å². The van der Waals surface area contributed by atoms with E-state index in [9.17, 15) is 0 Å². The molecule has 0 amide bonds. The number of fused-ring (bicyclic) bond motifs is 7. The van der Waals surface area contributed by atoms with Crippen molar-refractivity contribution in [2.45, 2.75) is 153 Å². The van der Waals surface area contributed by atoms with Crippen molar-refractivity contribution in [3.05, 3.63) is 48.5 Å². The molecular weight excluding hydrogens is 792 g/mol. The predicted octanol–water partition coefficient (Wildman–Crippen LogP) is 10.3. The van der Waals surface area contributed by atoms with E-state index in [4.69, 9.17) is 63.9 Å². The van der Waals surface area contributed by atoms with Gasteiger partial charge >= 0.3 is 6.72 Å². The summed E-state index contributed by atoms with van der Waals surface area (Å²) < 4.78 is 48.1. The number of benzene rings is 2.